The summed E-state index contributed by atoms with van der Waals surface area (Å²) in [7, 11) is 3.94. The van der Waals surface area contributed by atoms with Gasteiger partial charge in [-0.05, 0) is 83.5 Å². The maximum atomic E-state index is 5.25. The summed E-state index contributed by atoms with van der Waals surface area (Å²) >= 11 is 0. The van der Waals surface area contributed by atoms with E-state index in [4.69, 9.17) is 9.73 Å². The molecule has 0 bridgehead atoms. The number of nitrogens with one attached hydrogen (secondary N) is 2. The minimum atomic E-state index is 0. The van der Waals surface area contributed by atoms with Gasteiger partial charge in [0.05, 0.1) is 13.7 Å². The van der Waals surface area contributed by atoms with Gasteiger partial charge in [0, 0.05) is 18.6 Å². The van der Waals surface area contributed by atoms with E-state index in [1.54, 1.807) is 7.11 Å². The number of hydrogen-bond acceptors (Lipinski definition) is 4. The van der Waals surface area contributed by atoms with Gasteiger partial charge in [-0.1, -0.05) is 18.6 Å². The van der Waals surface area contributed by atoms with Crippen molar-refractivity contribution in [3.05, 3.63) is 29.8 Å². The van der Waals surface area contributed by atoms with Crippen LogP contribution in [0.3, 0.4) is 0 Å². The lowest BCUT2D eigenvalue weighted by Gasteiger charge is -2.50. The molecule has 0 unspecified atom stereocenters. The van der Waals surface area contributed by atoms with Crippen molar-refractivity contribution in [1.29, 1.82) is 0 Å². The van der Waals surface area contributed by atoms with Crippen molar-refractivity contribution < 1.29 is 4.74 Å². The summed E-state index contributed by atoms with van der Waals surface area (Å²) in [6, 6.07) is 8.15. The second-order valence-corrected chi connectivity index (χ2v) is 8.47. The molecule has 0 aromatic heterocycles. The smallest absolute Gasteiger partial charge is 0.191 e. The minimum Gasteiger partial charge on any atom is -0.497 e. The van der Waals surface area contributed by atoms with Crippen molar-refractivity contribution in [2.45, 2.75) is 51.1 Å². The molecule has 30 heavy (non-hydrogen) atoms. The summed E-state index contributed by atoms with van der Waals surface area (Å²) in [5.41, 5.74) is 1.44. The number of guanidine groups is 1. The van der Waals surface area contributed by atoms with E-state index in [1.807, 2.05) is 12.1 Å². The van der Waals surface area contributed by atoms with Crippen LogP contribution >= 0.6 is 24.0 Å². The van der Waals surface area contributed by atoms with Gasteiger partial charge in [0.25, 0.3) is 0 Å². The van der Waals surface area contributed by atoms with Crippen LogP contribution in [0.25, 0.3) is 0 Å². The Morgan fingerprint density at radius 3 is 2.30 bits per heavy atom. The lowest BCUT2D eigenvalue weighted by Crippen LogP contribution is -2.62. The van der Waals surface area contributed by atoms with E-state index in [9.17, 15) is 0 Å². The van der Waals surface area contributed by atoms with Crippen LogP contribution in [0, 0.1) is 0 Å². The molecule has 0 atom stereocenters. The van der Waals surface area contributed by atoms with Gasteiger partial charge in [-0.25, -0.2) is 4.99 Å². The molecule has 2 aliphatic heterocycles. The fraction of sp³-hybridized carbons (Fsp3) is 0.696. The average molecular weight is 530 g/mol. The van der Waals surface area contributed by atoms with Crippen LogP contribution < -0.4 is 15.4 Å². The highest BCUT2D eigenvalue weighted by Gasteiger charge is 2.39. The second kappa shape index (κ2) is 12.7. The van der Waals surface area contributed by atoms with Crippen molar-refractivity contribution in [2.24, 2.45) is 4.99 Å². The first-order chi connectivity index (χ1) is 14.1. The topological polar surface area (TPSA) is 52.1 Å². The maximum absolute atomic E-state index is 5.25. The summed E-state index contributed by atoms with van der Waals surface area (Å²) in [4.78, 5) is 10.1. The zero-order valence-corrected chi connectivity index (χ0v) is 21.3. The average Bonchev–Trinajstić information content (AvgIpc) is 2.78. The zero-order chi connectivity index (χ0) is 20.5. The van der Waals surface area contributed by atoms with E-state index >= 15 is 0 Å². The second-order valence-electron chi connectivity index (χ2n) is 8.47. The van der Waals surface area contributed by atoms with Crippen molar-refractivity contribution in [2.75, 3.05) is 53.4 Å². The molecule has 2 fully saturated rings. The molecule has 0 spiro atoms. The summed E-state index contributed by atoms with van der Waals surface area (Å²) in [5, 5.41) is 7.12. The third-order valence-corrected chi connectivity index (χ3v) is 6.45. The summed E-state index contributed by atoms with van der Waals surface area (Å²) in [6.07, 6.45) is 6.51. The lowest BCUT2D eigenvalue weighted by molar-refractivity contribution is 0.0173. The molecule has 170 valence electrons. The van der Waals surface area contributed by atoms with Gasteiger partial charge in [0.2, 0.25) is 0 Å². The highest BCUT2D eigenvalue weighted by atomic mass is 127. The van der Waals surface area contributed by atoms with Crippen LogP contribution in [0.15, 0.2) is 29.3 Å². The van der Waals surface area contributed by atoms with Gasteiger partial charge in [-0.15, -0.1) is 24.0 Å². The Balaban J connectivity index is 0.00000320. The molecule has 2 saturated heterocycles. The standard InChI is InChI=1S/C23H39N5O.HI/c1-4-24-22(25-18-20-8-10-21(29-3)11-9-20)26-19-23(12-16-27(2)17-13-23)28-14-6-5-7-15-28;/h8-11H,4-7,12-19H2,1-3H3,(H2,24,25,26);1H. The largest absolute Gasteiger partial charge is 0.497 e. The van der Waals surface area contributed by atoms with Gasteiger partial charge in [0.1, 0.15) is 5.75 Å². The SMILES string of the molecule is CCNC(=NCc1ccc(OC)cc1)NCC1(N2CCCCC2)CCN(C)CC1.I. The third-order valence-electron chi connectivity index (χ3n) is 6.45. The van der Waals surface area contributed by atoms with E-state index in [0.29, 0.717) is 6.54 Å². The zero-order valence-electron chi connectivity index (χ0n) is 19.0. The molecule has 1 aromatic rings. The predicted molar refractivity (Wildman–Crippen MR) is 136 cm³/mol. The first kappa shape index (κ1) is 25.2. The van der Waals surface area contributed by atoms with Crippen LogP contribution in [-0.2, 0) is 6.54 Å². The van der Waals surface area contributed by atoms with Crippen LogP contribution in [0.2, 0.25) is 0 Å². The molecule has 7 heteroatoms. The highest BCUT2D eigenvalue weighted by Crippen LogP contribution is 2.30. The number of ether oxygens (including phenoxy) is 1. The molecule has 3 rings (SSSR count). The monoisotopic (exact) mass is 529 g/mol. The van der Waals surface area contributed by atoms with E-state index < -0.39 is 0 Å². The Kier molecular flexibility index (Phi) is 10.7. The van der Waals surface area contributed by atoms with Crippen LogP contribution in [0.5, 0.6) is 5.75 Å². The Hall–Kier alpha value is -1.06. The number of aliphatic imine (C=N–C) groups is 1. The quantitative estimate of drug-likeness (QED) is 0.323. The number of rotatable bonds is 7. The Bertz CT molecular complexity index is 637. The molecule has 2 heterocycles. The summed E-state index contributed by atoms with van der Waals surface area (Å²) in [5.74, 6) is 1.80. The van der Waals surface area contributed by atoms with Gasteiger partial charge in [-0.2, -0.15) is 0 Å². The number of nitrogens with zero attached hydrogens (tertiary/aromatic N) is 3. The number of piperidine rings is 2. The molecule has 0 amide bonds. The molecule has 2 aliphatic rings. The Labute approximate surface area is 199 Å². The number of methoxy groups -OCH3 is 1. The molecule has 0 aliphatic carbocycles. The van der Waals surface area contributed by atoms with E-state index in [0.717, 1.165) is 24.8 Å². The maximum Gasteiger partial charge on any atom is 0.191 e. The number of hydrogen-bond donors (Lipinski definition) is 2. The fourth-order valence-electron chi connectivity index (χ4n) is 4.50. The van der Waals surface area contributed by atoms with Crippen molar-refractivity contribution in [1.82, 2.24) is 20.4 Å². The molecule has 1 aromatic carbocycles. The summed E-state index contributed by atoms with van der Waals surface area (Å²) < 4.78 is 5.25. The van der Waals surface area contributed by atoms with Crippen LogP contribution in [-0.4, -0.2) is 74.7 Å². The van der Waals surface area contributed by atoms with Gasteiger partial charge in [0.15, 0.2) is 5.96 Å². The first-order valence-electron chi connectivity index (χ1n) is 11.2. The number of likely N-dealkylation sites (tertiary alicyclic amines) is 2. The van der Waals surface area contributed by atoms with Gasteiger partial charge in [-0.3, -0.25) is 4.90 Å². The molecule has 0 saturated carbocycles. The highest BCUT2D eigenvalue weighted by molar-refractivity contribution is 14.0. The predicted octanol–water partition coefficient (Wildman–Crippen LogP) is 3.32. The fourth-order valence-corrected chi connectivity index (χ4v) is 4.50. The van der Waals surface area contributed by atoms with Crippen molar-refractivity contribution in [3.63, 3.8) is 0 Å². The van der Waals surface area contributed by atoms with E-state index in [-0.39, 0.29) is 29.5 Å². The normalized spacial score (nSPS) is 20.3. The lowest BCUT2D eigenvalue weighted by atomic mass is 9.84. The Morgan fingerprint density at radius 2 is 1.70 bits per heavy atom. The first-order valence-corrected chi connectivity index (χ1v) is 11.2. The van der Waals surface area contributed by atoms with Gasteiger partial charge < -0.3 is 20.3 Å². The van der Waals surface area contributed by atoms with Crippen LogP contribution in [0.4, 0.5) is 0 Å². The Morgan fingerprint density at radius 1 is 1.03 bits per heavy atom. The molecular weight excluding hydrogens is 489 g/mol. The van der Waals surface area contributed by atoms with Crippen LogP contribution in [0.1, 0.15) is 44.6 Å². The summed E-state index contributed by atoms with van der Waals surface area (Å²) in [6.45, 7) is 9.47. The van der Waals surface area contributed by atoms with Crippen molar-refractivity contribution >= 4 is 29.9 Å². The molecule has 6 nitrogen and oxygen atoms in total. The van der Waals surface area contributed by atoms with Gasteiger partial charge >= 0.3 is 0 Å². The van der Waals surface area contributed by atoms with Crippen molar-refractivity contribution in [3.8, 4) is 5.75 Å². The van der Waals surface area contributed by atoms with E-state index in [1.165, 1.54) is 63.8 Å². The van der Waals surface area contributed by atoms with E-state index in [2.05, 4.69) is 46.5 Å². The molecule has 2 N–H and O–H groups in total. The minimum absolute atomic E-state index is 0. The third kappa shape index (κ3) is 6.99. The molecule has 0 radical (unpaired) electrons. The number of benzene rings is 1. The number of halogens is 1. The molecular formula is C23H40IN5O.